The van der Waals surface area contributed by atoms with Gasteiger partial charge in [-0.1, -0.05) is 38.5 Å². The van der Waals surface area contributed by atoms with Crippen LogP contribution in [0.25, 0.3) is 0 Å². The molecule has 0 saturated carbocycles. The molecule has 0 radical (unpaired) electrons. The number of nitrogens with zero attached hydrogens (tertiary/aromatic N) is 1. The maximum atomic E-state index is 12.4. The van der Waals surface area contributed by atoms with E-state index in [1.54, 1.807) is 20.8 Å². The third-order valence-corrected chi connectivity index (χ3v) is 3.61. The predicted octanol–water partition coefficient (Wildman–Crippen LogP) is 3.53. The Labute approximate surface area is 162 Å². The lowest BCUT2D eigenvalue weighted by Crippen LogP contribution is -2.48. The van der Waals surface area contributed by atoms with Gasteiger partial charge in [-0.15, -0.1) is 0 Å². The van der Waals surface area contributed by atoms with Crippen molar-refractivity contribution < 1.29 is 19.1 Å². The number of rotatable bonds is 5. The molecule has 0 heterocycles. The van der Waals surface area contributed by atoms with Crippen LogP contribution in [0, 0.1) is 6.92 Å². The highest BCUT2D eigenvalue weighted by Gasteiger charge is 2.27. The van der Waals surface area contributed by atoms with Crippen molar-refractivity contribution in [3.05, 3.63) is 29.3 Å². The first-order valence-corrected chi connectivity index (χ1v) is 9.07. The molecule has 0 aliphatic carbocycles. The summed E-state index contributed by atoms with van der Waals surface area (Å²) in [6, 6.07) is 5.29. The molecule has 1 rings (SSSR count). The summed E-state index contributed by atoms with van der Waals surface area (Å²) < 4.78 is 11.0. The van der Waals surface area contributed by atoms with Crippen LogP contribution in [-0.2, 0) is 10.2 Å². The van der Waals surface area contributed by atoms with Crippen LogP contribution in [-0.4, -0.2) is 42.4 Å². The fourth-order valence-electron chi connectivity index (χ4n) is 2.35. The Balaban J connectivity index is 2.77. The minimum absolute atomic E-state index is 0.0541. The number of carbonyl (C=O) groups excluding carboxylic acids is 2. The molecule has 1 aromatic carbocycles. The molecule has 0 aliphatic heterocycles. The number of aryl methyl sites for hydroxylation is 1. The second kappa shape index (κ2) is 9.08. The van der Waals surface area contributed by atoms with E-state index in [-0.39, 0.29) is 25.2 Å². The van der Waals surface area contributed by atoms with Gasteiger partial charge < -0.3 is 20.5 Å². The summed E-state index contributed by atoms with van der Waals surface area (Å²) in [5.41, 5.74) is 6.88. The van der Waals surface area contributed by atoms with Gasteiger partial charge in [0.05, 0.1) is 0 Å². The van der Waals surface area contributed by atoms with Crippen LogP contribution in [0.15, 0.2) is 18.2 Å². The fraction of sp³-hybridized carbons (Fsp3) is 0.600. The molecule has 3 N–H and O–H groups in total. The molecule has 0 aliphatic rings. The molecule has 27 heavy (non-hydrogen) atoms. The molecule has 0 fully saturated rings. The highest BCUT2D eigenvalue weighted by atomic mass is 16.6. The lowest BCUT2D eigenvalue weighted by atomic mass is 9.85. The molecule has 0 bridgehead atoms. The second-order valence-electron chi connectivity index (χ2n) is 8.44. The third kappa shape index (κ3) is 7.46. The average molecular weight is 380 g/mol. The van der Waals surface area contributed by atoms with E-state index in [0.717, 1.165) is 16.0 Å². The van der Waals surface area contributed by atoms with E-state index in [0.29, 0.717) is 5.75 Å². The summed E-state index contributed by atoms with van der Waals surface area (Å²) in [5.74, 6) is 0.691. The molecule has 0 unspecified atom stereocenters. The van der Waals surface area contributed by atoms with Crippen molar-refractivity contribution in [2.45, 2.75) is 59.5 Å². The zero-order valence-electron chi connectivity index (χ0n) is 17.5. The van der Waals surface area contributed by atoms with Crippen molar-refractivity contribution in [2.24, 2.45) is 5.73 Å². The highest BCUT2D eigenvalue weighted by Crippen LogP contribution is 2.32. The molecule has 0 saturated heterocycles. The van der Waals surface area contributed by atoms with Crippen molar-refractivity contribution in [1.29, 1.82) is 0 Å². The average Bonchev–Trinajstić information content (AvgIpc) is 2.51. The Kier molecular flexibility index (Phi) is 7.65. The quantitative estimate of drug-likeness (QED) is 0.763. The van der Waals surface area contributed by atoms with Crippen LogP contribution in [0.5, 0.6) is 5.75 Å². The lowest BCUT2D eigenvalue weighted by molar-refractivity contribution is 0.0321. The van der Waals surface area contributed by atoms with E-state index < -0.39 is 17.7 Å². The maximum absolute atomic E-state index is 12.4. The Hall–Kier alpha value is -2.28. The smallest absolute Gasteiger partial charge is 0.418 e. The summed E-state index contributed by atoms with van der Waals surface area (Å²) >= 11 is 0. The van der Waals surface area contributed by atoms with E-state index >= 15 is 0 Å². The number of hydrogen-bond acceptors (Lipinski definition) is 5. The minimum Gasteiger partial charge on any atom is -0.473 e. The molecule has 7 heteroatoms. The van der Waals surface area contributed by atoms with Crippen molar-refractivity contribution >= 4 is 12.1 Å². The van der Waals surface area contributed by atoms with Gasteiger partial charge in [0.1, 0.15) is 11.4 Å². The van der Waals surface area contributed by atoms with Gasteiger partial charge in [0.15, 0.2) is 6.73 Å². The van der Waals surface area contributed by atoms with Crippen LogP contribution in [0.2, 0.25) is 0 Å². The molecule has 3 amide bonds. The van der Waals surface area contributed by atoms with E-state index in [1.165, 1.54) is 0 Å². The minimum atomic E-state index is -0.740. The SMILES string of the molecule is Cc1ccc(OCNC(=O)N(CCN)C(=O)OC(C)(C)C)c(C(C)(C)C)c1. The van der Waals surface area contributed by atoms with Crippen LogP contribution >= 0.6 is 0 Å². The summed E-state index contributed by atoms with van der Waals surface area (Å²) in [6.07, 6.45) is -0.740. The summed E-state index contributed by atoms with van der Waals surface area (Å²) in [6.45, 7) is 13.6. The molecule has 0 atom stereocenters. The number of nitrogens with two attached hydrogens (primary N) is 1. The molecule has 0 aromatic heterocycles. The van der Waals surface area contributed by atoms with Crippen molar-refractivity contribution in [3.63, 3.8) is 0 Å². The summed E-state index contributed by atoms with van der Waals surface area (Å²) in [4.78, 5) is 25.5. The van der Waals surface area contributed by atoms with E-state index in [9.17, 15) is 9.59 Å². The second-order valence-corrected chi connectivity index (χ2v) is 8.44. The van der Waals surface area contributed by atoms with Gasteiger partial charge in [0.25, 0.3) is 0 Å². The number of carbonyl (C=O) groups is 2. The molecule has 7 nitrogen and oxygen atoms in total. The summed E-state index contributed by atoms with van der Waals surface area (Å²) in [7, 11) is 0. The Morgan fingerprint density at radius 1 is 1.15 bits per heavy atom. The lowest BCUT2D eigenvalue weighted by Gasteiger charge is -2.26. The topological polar surface area (TPSA) is 93.9 Å². The number of ether oxygens (including phenoxy) is 2. The largest absolute Gasteiger partial charge is 0.473 e. The Bertz CT molecular complexity index is 660. The number of urea groups is 1. The summed E-state index contributed by atoms with van der Waals surface area (Å²) in [5, 5.41) is 2.58. The molecule has 152 valence electrons. The molecular weight excluding hydrogens is 346 g/mol. The van der Waals surface area contributed by atoms with Crippen molar-refractivity contribution in [1.82, 2.24) is 10.2 Å². The van der Waals surface area contributed by atoms with Gasteiger partial charge in [0, 0.05) is 13.1 Å². The number of imide groups is 1. The van der Waals surface area contributed by atoms with Crippen molar-refractivity contribution in [3.8, 4) is 5.75 Å². The van der Waals surface area contributed by atoms with Crippen LogP contribution in [0.1, 0.15) is 52.7 Å². The van der Waals surface area contributed by atoms with Gasteiger partial charge in [-0.3, -0.25) is 0 Å². The number of benzene rings is 1. The Morgan fingerprint density at radius 3 is 2.30 bits per heavy atom. The van der Waals surface area contributed by atoms with E-state index in [4.69, 9.17) is 15.2 Å². The first-order valence-electron chi connectivity index (χ1n) is 9.07. The zero-order valence-corrected chi connectivity index (χ0v) is 17.5. The molecule has 1 aromatic rings. The monoisotopic (exact) mass is 379 g/mol. The highest BCUT2D eigenvalue weighted by molar-refractivity contribution is 5.91. The molecular formula is C20H33N3O4. The number of amides is 3. The van der Waals surface area contributed by atoms with E-state index in [1.807, 2.05) is 19.1 Å². The predicted molar refractivity (Wildman–Crippen MR) is 106 cm³/mol. The first-order chi connectivity index (χ1) is 12.3. The number of nitrogens with one attached hydrogen (secondary N) is 1. The zero-order chi connectivity index (χ0) is 20.8. The van der Waals surface area contributed by atoms with Gasteiger partial charge in [-0.05, 0) is 44.7 Å². The standard InChI is InChI=1S/C20H33N3O4/c1-14-8-9-16(15(12-14)19(2,3)4)26-13-22-17(24)23(11-10-21)18(25)27-20(5,6)7/h8-9,12H,10-11,13,21H2,1-7H3,(H,22,24). The van der Waals surface area contributed by atoms with Gasteiger partial charge in [-0.2, -0.15) is 0 Å². The maximum Gasteiger partial charge on any atom is 0.418 e. The van der Waals surface area contributed by atoms with Gasteiger partial charge in [0.2, 0.25) is 0 Å². The van der Waals surface area contributed by atoms with E-state index in [2.05, 4.69) is 32.2 Å². The van der Waals surface area contributed by atoms with Gasteiger partial charge in [-0.25, -0.2) is 14.5 Å². The van der Waals surface area contributed by atoms with Crippen LogP contribution in [0.3, 0.4) is 0 Å². The number of hydrogen-bond donors (Lipinski definition) is 2. The Morgan fingerprint density at radius 2 is 1.78 bits per heavy atom. The normalized spacial score (nSPS) is 11.7. The van der Waals surface area contributed by atoms with Gasteiger partial charge >= 0.3 is 12.1 Å². The molecule has 0 spiro atoms. The first kappa shape index (κ1) is 22.8. The van der Waals surface area contributed by atoms with Crippen LogP contribution < -0.4 is 15.8 Å². The van der Waals surface area contributed by atoms with Crippen LogP contribution in [0.4, 0.5) is 9.59 Å². The third-order valence-electron chi connectivity index (χ3n) is 3.61. The van der Waals surface area contributed by atoms with Crippen molar-refractivity contribution in [2.75, 3.05) is 19.8 Å². The fourth-order valence-corrected chi connectivity index (χ4v) is 2.35.